The highest BCUT2D eigenvalue weighted by Crippen LogP contribution is 2.53. The number of cyclic esters (lactones) is 1. The predicted octanol–water partition coefficient (Wildman–Crippen LogP) is 3.44. The van der Waals surface area contributed by atoms with Crippen LogP contribution in [0.15, 0.2) is 42.5 Å². The molecule has 0 radical (unpaired) electrons. The van der Waals surface area contributed by atoms with E-state index in [4.69, 9.17) is 22.8 Å². The maximum Gasteiger partial charge on any atom is 0.338 e. The lowest BCUT2D eigenvalue weighted by Gasteiger charge is -2.27. The van der Waals surface area contributed by atoms with E-state index >= 15 is 0 Å². The number of benzene rings is 2. The van der Waals surface area contributed by atoms with E-state index in [-0.39, 0.29) is 24.4 Å². The van der Waals surface area contributed by atoms with E-state index in [1.165, 1.54) is 0 Å². The molecular formula is C22H18ClNO4. The summed E-state index contributed by atoms with van der Waals surface area (Å²) in [6.07, 6.45) is 7.36. The number of rotatable bonds is 5. The Balaban J connectivity index is 1.53. The Hall–Kier alpha value is -2.81. The van der Waals surface area contributed by atoms with Crippen LogP contribution in [0.1, 0.15) is 40.7 Å². The van der Waals surface area contributed by atoms with Crippen molar-refractivity contribution in [1.29, 1.82) is 0 Å². The van der Waals surface area contributed by atoms with Crippen LogP contribution in [0.2, 0.25) is 5.02 Å². The number of terminal acetylenes is 1. The summed E-state index contributed by atoms with van der Waals surface area (Å²) in [6.45, 7) is 0.164. The molecule has 2 N–H and O–H groups in total. The lowest BCUT2D eigenvalue weighted by molar-refractivity contribution is -0.129. The molecule has 1 saturated carbocycles. The van der Waals surface area contributed by atoms with E-state index in [1.807, 2.05) is 12.1 Å². The van der Waals surface area contributed by atoms with Crippen LogP contribution in [0.4, 0.5) is 5.69 Å². The molecule has 1 aliphatic carbocycles. The topological polar surface area (TPSA) is 75.6 Å². The van der Waals surface area contributed by atoms with E-state index in [2.05, 4.69) is 11.2 Å². The van der Waals surface area contributed by atoms with E-state index in [1.54, 1.807) is 30.3 Å². The summed E-state index contributed by atoms with van der Waals surface area (Å²) in [7, 11) is 0. The number of anilines is 1. The zero-order valence-electron chi connectivity index (χ0n) is 15.0. The zero-order chi connectivity index (χ0) is 19.9. The number of hydrogen-bond acceptors (Lipinski definition) is 4. The third-order valence-corrected chi connectivity index (χ3v) is 5.71. The summed E-state index contributed by atoms with van der Waals surface area (Å²) < 4.78 is 4.96. The van der Waals surface area contributed by atoms with Crippen LogP contribution in [0.25, 0.3) is 0 Å². The van der Waals surface area contributed by atoms with Crippen LogP contribution >= 0.6 is 11.6 Å². The summed E-state index contributed by atoms with van der Waals surface area (Å²) in [5, 5.41) is 14.2. The maximum atomic E-state index is 12.8. The number of aliphatic hydroxyl groups is 1. The van der Waals surface area contributed by atoms with Crippen LogP contribution in [-0.4, -0.2) is 22.6 Å². The Morgan fingerprint density at radius 1 is 1.29 bits per heavy atom. The standard InChI is InChI=1S/C22H18ClNO4/c1-2-22(27,13-21(9-10-21)15-3-5-16(23)6-4-15)20(26)24-17-7-8-18-14(11-17)12-28-19(18)25/h1,3-8,11,27H,9-10,12-13H2,(H,24,26). The summed E-state index contributed by atoms with van der Waals surface area (Å²) in [5.41, 5.74) is 0.332. The summed E-state index contributed by atoms with van der Waals surface area (Å²) >= 11 is 5.96. The monoisotopic (exact) mass is 395 g/mol. The quantitative estimate of drug-likeness (QED) is 0.600. The third kappa shape index (κ3) is 3.26. The summed E-state index contributed by atoms with van der Waals surface area (Å²) in [4.78, 5) is 24.3. The molecule has 0 aromatic heterocycles. The second kappa shape index (κ2) is 6.66. The number of fused-ring (bicyclic) bond motifs is 1. The second-order valence-electron chi connectivity index (χ2n) is 7.37. The van der Waals surface area contributed by atoms with Crippen molar-refractivity contribution in [2.24, 2.45) is 0 Å². The van der Waals surface area contributed by atoms with Crippen molar-refractivity contribution in [1.82, 2.24) is 0 Å². The van der Waals surface area contributed by atoms with Gasteiger partial charge < -0.3 is 15.2 Å². The SMILES string of the molecule is C#CC(O)(CC1(c2ccc(Cl)cc2)CC1)C(=O)Nc1ccc2c(c1)COC2=O. The van der Waals surface area contributed by atoms with Gasteiger partial charge in [-0.15, -0.1) is 6.42 Å². The number of carbonyl (C=O) groups excluding carboxylic acids is 2. The van der Waals surface area contributed by atoms with Crippen molar-refractivity contribution < 1.29 is 19.4 Å². The lowest BCUT2D eigenvalue weighted by atomic mass is 9.83. The number of carbonyl (C=O) groups is 2. The van der Waals surface area contributed by atoms with Gasteiger partial charge in [-0.3, -0.25) is 4.79 Å². The highest BCUT2D eigenvalue weighted by Gasteiger charge is 2.52. The first kappa shape index (κ1) is 18.5. The molecular weight excluding hydrogens is 378 g/mol. The maximum absolute atomic E-state index is 12.8. The van der Waals surface area contributed by atoms with E-state index in [0.29, 0.717) is 21.8 Å². The third-order valence-electron chi connectivity index (χ3n) is 5.46. The lowest BCUT2D eigenvalue weighted by Crippen LogP contribution is -2.44. The molecule has 1 fully saturated rings. The molecule has 1 aliphatic heterocycles. The van der Waals surface area contributed by atoms with Crippen LogP contribution in [0, 0.1) is 12.3 Å². The van der Waals surface area contributed by atoms with Gasteiger partial charge in [-0.05, 0) is 54.2 Å². The Labute approximate surface area is 167 Å². The molecule has 4 rings (SSSR count). The van der Waals surface area contributed by atoms with E-state index < -0.39 is 11.5 Å². The fraction of sp³-hybridized carbons (Fsp3) is 0.273. The molecule has 5 nitrogen and oxygen atoms in total. The first-order valence-corrected chi connectivity index (χ1v) is 9.31. The highest BCUT2D eigenvalue weighted by atomic mass is 35.5. The molecule has 2 aromatic rings. The molecule has 6 heteroatoms. The molecule has 0 bridgehead atoms. The zero-order valence-corrected chi connectivity index (χ0v) is 15.8. The smallest absolute Gasteiger partial charge is 0.338 e. The highest BCUT2D eigenvalue weighted by molar-refractivity contribution is 6.30. The molecule has 28 heavy (non-hydrogen) atoms. The minimum absolute atomic E-state index is 0.122. The van der Waals surface area contributed by atoms with Crippen LogP contribution in [-0.2, 0) is 21.6 Å². The summed E-state index contributed by atoms with van der Waals surface area (Å²) in [5.74, 6) is 1.22. The van der Waals surface area contributed by atoms with Gasteiger partial charge in [0.05, 0.1) is 5.56 Å². The molecule has 142 valence electrons. The summed E-state index contributed by atoms with van der Waals surface area (Å²) in [6, 6.07) is 12.2. The van der Waals surface area contributed by atoms with Crippen molar-refractivity contribution in [2.45, 2.75) is 36.9 Å². The van der Waals surface area contributed by atoms with Crippen molar-refractivity contribution in [3.63, 3.8) is 0 Å². The van der Waals surface area contributed by atoms with Gasteiger partial charge in [0.1, 0.15) is 6.61 Å². The van der Waals surface area contributed by atoms with Crippen LogP contribution in [0.3, 0.4) is 0 Å². The molecule has 1 unspecified atom stereocenters. The van der Waals surface area contributed by atoms with Gasteiger partial charge in [0, 0.05) is 22.7 Å². The largest absolute Gasteiger partial charge is 0.457 e. The van der Waals surface area contributed by atoms with Gasteiger partial charge in [0.15, 0.2) is 0 Å². The number of ether oxygens (including phenoxy) is 1. The van der Waals surface area contributed by atoms with Crippen molar-refractivity contribution in [2.75, 3.05) is 5.32 Å². The Morgan fingerprint density at radius 2 is 2.00 bits per heavy atom. The average molecular weight is 396 g/mol. The van der Waals surface area contributed by atoms with Crippen molar-refractivity contribution in [3.05, 3.63) is 64.2 Å². The minimum Gasteiger partial charge on any atom is -0.457 e. The van der Waals surface area contributed by atoms with Gasteiger partial charge in [-0.1, -0.05) is 29.7 Å². The van der Waals surface area contributed by atoms with Crippen LogP contribution < -0.4 is 5.32 Å². The molecule has 2 aromatic carbocycles. The molecule has 2 aliphatic rings. The van der Waals surface area contributed by atoms with Crippen molar-refractivity contribution >= 4 is 29.2 Å². The number of halogens is 1. The van der Waals surface area contributed by atoms with Crippen LogP contribution in [0.5, 0.6) is 0 Å². The average Bonchev–Trinajstić information content (AvgIpc) is 3.37. The van der Waals surface area contributed by atoms with Gasteiger partial charge >= 0.3 is 5.97 Å². The van der Waals surface area contributed by atoms with E-state index in [9.17, 15) is 14.7 Å². The van der Waals surface area contributed by atoms with Gasteiger partial charge in [0.25, 0.3) is 5.91 Å². The molecule has 1 amide bonds. The molecule has 1 heterocycles. The normalized spacial score (nSPS) is 18.4. The van der Waals surface area contributed by atoms with E-state index in [0.717, 1.165) is 18.4 Å². The number of hydrogen-bond donors (Lipinski definition) is 2. The molecule has 1 atom stereocenters. The second-order valence-corrected chi connectivity index (χ2v) is 7.81. The Morgan fingerprint density at radius 3 is 2.64 bits per heavy atom. The van der Waals surface area contributed by atoms with Gasteiger partial charge in [-0.2, -0.15) is 0 Å². The number of amides is 1. The Kier molecular flexibility index (Phi) is 4.41. The number of esters is 1. The first-order chi connectivity index (χ1) is 13.3. The fourth-order valence-corrected chi connectivity index (χ4v) is 3.78. The minimum atomic E-state index is -1.96. The van der Waals surface area contributed by atoms with Gasteiger partial charge in [-0.25, -0.2) is 4.79 Å². The molecule has 0 saturated heterocycles. The Bertz CT molecular complexity index is 1000. The number of nitrogens with one attached hydrogen (secondary N) is 1. The fourth-order valence-electron chi connectivity index (χ4n) is 3.65. The van der Waals surface area contributed by atoms with Gasteiger partial charge in [0.2, 0.25) is 5.60 Å². The first-order valence-electron chi connectivity index (χ1n) is 8.93. The molecule has 0 spiro atoms. The van der Waals surface area contributed by atoms with Crippen molar-refractivity contribution in [3.8, 4) is 12.3 Å². The predicted molar refractivity (Wildman–Crippen MR) is 105 cm³/mol.